The van der Waals surface area contributed by atoms with E-state index >= 15 is 0 Å². The molecule has 2 aliphatic heterocycles. The van der Waals surface area contributed by atoms with E-state index in [1.165, 1.54) is 0 Å². The highest BCUT2D eigenvalue weighted by Crippen LogP contribution is 2.33. The number of H-pyrrole nitrogens is 1. The summed E-state index contributed by atoms with van der Waals surface area (Å²) in [4.78, 5) is 46.3. The standard InChI is InChI=1S/C36H45N7O4.2H2S/c1-35(2,3)46-33(44)42-17-7-9-27(42)21-39-32-38-20-26-19-25(15-16-28(26)41-32)23-11-13-24(14-12-23)29-22-37-31(40-29)30-10-8-18-43(30)34(45)47-36(4,5)6;;/h11-16,19-20,22,27,30H,7-10,17-18,21H2,1-6H3,(H,37,40)(H,38,39,41);2*1H2/t27-,30-;;/m0../s1. The van der Waals surface area contributed by atoms with Crippen LogP contribution < -0.4 is 5.32 Å². The smallest absolute Gasteiger partial charge is 0.410 e. The monoisotopic (exact) mass is 707 g/mol. The molecule has 264 valence electrons. The maximum Gasteiger partial charge on any atom is 0.410 e. The average Bonchev–Trinajstić information content (AvgIpc) is 3.79. The predicted octanol–water partition coefficient (Wildman–Crippen LogP) is 7.80. The van der Waals surface area contributed by atoms with Crippen LogP contribution in [0.15, 0.2) is 54.9 Å². The molecule has 4 aromatic rings. The van der Waals surface area contributed by atoms with Crippen molar-refractivity contribution in [1.29, 1.82) is 0 Å². The molecule has 0 unspecified atom stereocenters. The van der Waals surface area contributed by atoms with Crippen molar-refractivity contribution < 1.29 is 19.1 Å². The van der Waals surface area contributed by atoms with E-state index in [2.05, 4.69) is 56.7 Å². The zero-order valence-corrected chi connectivity index (χ0v) is 31.2. The van der Waals surface area contributed by atoms with Crippen molar-refractivity contribution in [1.82, 2.24) is 29.7 Å². The Balaban J connectivity index is 0.00000270. The molecular formula is C36H49N7O4S2. The van der Waals surface area contributed by atoms with Crippen LogP contribution in [-0.2, 0) is 9.47 Å². The fourth-order valence-electron chi connectivity index (χ4n) is 6.20. The van der Waals surface area contributed by atoms with Crippen LogP contribution in [0.1, 0.15) is 79.1 Å². The summed E-state index contributed by atoms with van der Waals surface area (Å²) in [5.41, 5.74) is 3.85. The lowest BCUT2D eigenvalue weighted by Gasteiger charge is -2.28. The highest BCUT2D eigenvalue weighted by Gasteiger charge is 2.35. The van der Waals surface area contributed by atoms with Crippen LogP contribution in [0, 0.1) is 0 Å². The maximum atomic E-state index is 12.8. The van der Waals surface area contributed by atoms with Crippen LogP contribution in [-0.4, -0.2) is 78.8 Å². The molecule has 2 saturated heterocycles. The van der Waals surface area contributed by atoms with E-state index in [9.17, 15) is 9.59 Å². The van der Waals surface area contributed by atoms with Crippen LogP contribution >= 0.6 is 27.0 Å². The lowest BCUT2D eigenvalue weighted by Crippen LogP contribution is -2.42. The zero-order chi connectivity index (χ0) is 33.3. The number of ether oxygens (including phenoxy) is 2. The summed E-state index contributed by atoms with van der Waals surface area (Å²) in [5, 5.41) is 4.27. The molecule has 0 saturated carbocycles. The molecule has 2 amide bonds. The molecule has 4 heterocycles. The van der Waals surface area contributed by atoms with Gasteiger partial charge in [0.2, 0.25) is 5.95 Å². The molecule has 13 heteroatoms. The Kier molecular flexibility index (Phi) is 11.8. The van der Waals surface area contributed by atoms with Crippen molar-refractivity contribution >= 4 is 56.0 Å². The number of likely N-dealkylation sites (tertiary alicyclic amines) is 2. The highest BCUT2D eigenvalue weighted by molar-refractivity contribution is 7.59. The van der Waals surface area contributed by atoms with E-state index in [1.54, 1.807) is 9.80 Å². The first-order valence-corrected chi connectivity index (χ1v) is 16.5. The van der Waals surface area contributed by atoms with Gasteiger partial charge in [-0.1, -0.05) is 30.3 Å². The SMILES string of the molecule is CC(C)(C)OC(=O)N1CCC[C@H]1CNc1ncc2cc(-c3ccc(-c4cnc([C@@H]5CCCN5C(=O)OC(C)(C)C)[nH]4)cc3)ccc2n1.S.S. The Morgan fingerprint density at radius 3 is 2.12 bits per heavy atom. The second kappa shape index (κ2) is 15.3. The van der Waals surface area contributed by atoms with Gasteiger partial charge in [-0.05, 0) is 96.0 Å². The van der Waals surface area contributed by atoms with E-state index in [0.717, 1.165) is 64.8 Å². The summed E-state index contributed by atoms with van der Waals surface area (Å²) in [7, 11) is 0. The molecule has 2 fully saturated rings. The zero-order valence-electron chi connectivity index (χ0n) is 29.2. The second-order valence-electron chi connectivity index (χ2n) is 14.4. The van der Waals surface area contributed by atoms with Gasteiger partial charge in [0, 0.05) is 31.2 Å². The lowest BCUT2D eigenvalue weighted by molar-refractivity contribution is 0.0213. The first-order valence-electron chi connectivity index (χ1n) is 16.5. The number of hydrogen-bond acceptors (Lipinski definition) is 8. The number of benzene rings is 2. The van der Waals surface area contributed by atoms with Gasteiger partial charge in [-0.2, -0.15) is 27.0 Å². The number of rotatable bonds is 6. The first-order chi connectivity index (χ1) is 22.3. The number of amides is 2. The minimum atomic E-state index is -0.540. The molecular weight excluding hydrogens is 659 g/mol. The summed E-state index contributed by atoms with van der Waals surface area (Å²) < 4.78 is 11.2. The van der Waals surface area contributed by atoms with Gasteiger partial charge in [0.1, 0.15) is 17.0 Å². The van der Waals surface area contributed by atoms with Gasteiger partial charge < -0.3 is 24.7 Å². The number of carbonyl (C=O) groups is 2. The largest absolute Gasteiger partial charge is 0.444 e. The average molecular weight is 708 g/mol. The van der Waals surface area contributed by atoms with Gasteiger partial charge in [-0.15, -0.1) is 0 Å². The molecule has 2 aromatic heterocycles. The van der Waals surface area contributed by atoms with Crippen molar-refractivity contribution in [2.45, 2.75) is 90.5 Å². The Morgan fingerprint density at radius 1 is 0.816 bits per heavy atom. The summed E-state index contributed by atoms with van der Waals surface area (Å²) in [6.07, 6.45) is 6.72. The number of aromatic amines is 1. The van der Waals surface area contributed by atoms with E-state index in [4.69, 9.17) is 14.5 Å². The molecule has 2 N–H and O–H groups in total. The van der Waals surface area contributed by atoms with E-state index in [0.29, 0.717) is 25.6 Å². The number of anilines is 1. The van der Waals surface area contributed by atoms with Crippen LogP contribution in [0.4, 0.5) is 15.5 Å². The second-order valence-corrected chi connectivity index (χ2v) is 14.4. The third-order valence-corrected chi connectivity index (χ3v) is 8.40. The molecule has 2 aliphatic rings. The predicted molar refractivity (Wildman–Crippen MR) is 203 cm³/mol. The lowest BCUT2D eigenvalue weighted by atomic mass is 10.0. The Labute approximate surface area is 302 Å². The molecule has 6 rings (SSSR count). The summed E-state index contributed by atoms with van der Waals surface area (Å²) in [6.45, 7) is 13.2. The molecule has 0 spiro atoms. The number of hydrogen-bond donors (Lipinski definition) is 2. The Bertz CT molecular complexity index is 1750. The number of imidazole rings is 1. The van der Waals surface area contributed by atoms with E-state index in [1.807, 2.05) is 60.0 Å². The minimum absolute atomic E-state index is 0. The quantitative estimate of drug-likeness (QED) is 0.208. The minimum Gasteiger partial charge on any atom is -0.444 e. The Morgan fingerprint density at radius 2 is 1.43 bits per heavy atom. The molecule has 0 radical (unpaired) electrons. The maximum absolute atomic E-state index is 12.8. The third kappa shape index (κ3) is 9.18. The van der Waals surface area contributed by atoms with Crippen LogP contribution in [0.2, 0.25) is 0 Å². The van der Waals surface area contributed by atoms with E-state index < -0.39 is 11.2 Å². The van der Waals surface area contributed by atoms with Gasteiger partial charge in [-0.25, -0.2) is 24.5 Å². The molecule has 49 heavy (non-hydrogen) atoms. The molecule has 2 aromatic carbocycles. The fourth-order valence-corrected chi connectivity index (χ4v) is 6.20. The van der Waals surface area contributed by atoms with Gasteiger partial charge in [-0.3, -0.25) is 4.90 Å². The van der Waals surface area contributed by atoms with Gasteiger partial charge in [0.05, 0.1) is 29.5 Å². The van der Waals surface area contributed by atoms with Gasteiger partial charge in [0.15, 0.2) is 0 Å². The number of fused-ring (bicyclic) bond motifs is 1. The first kappa shape index (κ1) is 37.8. The van der Waals surface area contributed by atoms with E-state index in [-0.39, 0.29) is 51.3 Å². The normalized spacial score (nSPS) is 17.8. The fraction of sp³-hybridized carbons (Fsp3) is 0.472. The molecule has 0 bridgehead atoms. The number of carbonyl (C=O) groups excluding carboxylic acids is 2. The summed E-state index contributed by atoms with van der Waals surface area (Å²) >= 11 is 0. The third-order valence-electron chi connectivity index (χ3n) is 8.40. The summed E-state index contributed by atoms with van der Waals surface area (Å²) in [6, 6.07) is 14.4. The molecule has 0 aliphatic carbocycles. The number of nitrogens with zero attached hydrogens (tertiary/aromatic N) is 5. The number of aromatic nitrogens is 4. The Hall–Kier alpha value is -3.97. The van der Waals surface area contributed by atoms with Crippen LogP contribution in [0.5, 0.6) is 0 Å². The summed E-state index contributed by atoms with van der Waals surface area (Å²) in [5.74, 6) is 1.32. The topological polar surface area (TPSA) is 126 Å². The molecule has 11 nitrogen and oxygen atoms in total. The van der Waals surface area contributed by atoms with Crippen LogP contribution in [0.3, 0.4) is 0 Å². The van der Waals surface area contributed by atoms with Crippen LogP contribution in [0.25, 0.3) is 33.3 Å². The van der Waals surface area contributed by atoms with Crippen molar-refractivity contribution in [2.24, 2.45) is 0 Å². The van der Waals surface area contributed by atoms with Crippen molar-refractivity contribution in [3.63, 3.8) is 0 Å². The van der Waals surface area contributed by atoms with Gasteiger partial charge >= 0.3 is 12.2 Å². The van der Waals surface area contributed by atoms with Crippen molar-refractivity contribution in [2.75, 3.05) is 25.0 Å². The van der Waals surface area contributed by atoms with Crippen molar-refractivity contribution in [3.05, 3.63) is 60.7 Å². The van der Waals surface area contributed by atoms with Crippen molar-refractivity contribution in [3.8, 4) is 22.4 Å². The number of nitrogens with one attached hydrogen (secondary N) is 2. The molecule has 2 atom stereocenters. The highest BCUT2D eigenvalue weighted by atomic mass is 32.1. The van der Waals surface area contributed by atoms with Gasteiger partial charge in [0.25, 0.3) is 0 Å².